The fourth-order valence-corrected chi connectivity index (χ4v) is 2.66. The smallest absolute Gasteiger partial charge is 0.303 e. The van der Waals surface area contributed by atoms with Crippen molar-refractivity contribution in [1.82, 2.24) is 5.43 Å². The Morgan fingerprint density at radius 3 is 2.54 bits per heavy atom. The van der Waals surface area contributed by atoms with Crippen LogP contribution in [0.4, 0.5) is 5.69 Å². The van der Waals surface area contributed by atoms with Crippen LogP contribution in [0.1, 0.15) is 36.5 Å². The summed E-state index contributed by atoms with van der Waals surface area (Å²) >= 11 is 5.30. The molecule has 0 saturated carbocycles. The molecule has 0 saturated heterocycles. The molecule has 2 rings (SSSR count). The molecular weight excluding hydrogens is 374 g/mol. The van der Waals surface area contributed by atoms with E-state index in [1.807, 2.05) is 57.2 Å². The van der Waals surface area contributed by atoms with Gasteiger partial charge in [0, 0.05) is 12.1 Å². The Bertz CT molecular complexity index is 864. The Balaban J connectivity index is 1.86. The van der Waals surface area contributed by atoms with Gasteiger partial charge >= 0.3 is 5.97 Å². The van der Waals surface area contributed by atoms with Crippen molar-refractivity contribution in [3.8, 4) is 5.75 Å². The Morgan fingerprint density at radius 2 is 1.89 bits per heavy atom. The van der Waals surface area contributed by atoms with E-state index in [0.29, 0.717) is 23.9 Å². The average molecular weight is 400 g/mol. The first-order chi connectivity index (χ1) is 13.3. The zero-order valence-electron chi connectivity index (χ0n) is 16.3. The van der Waals surface area contributed by atoms with Crippen LogP contribution in [-0.2, 0) is 4.79 Å². The van der Waals surface area contributed by atoms with Crippen LogP contribution in [0.25, 0.3) is 0 Å². The van der Waals surface area contributed by atoms with Gasteiger partial charge in [0.1, 0.15) is 5.75 Å². The predicted molar refractivity (Wildman–Crippen MR) is 116 cm³/mol. The fraction of sp³-hybridized carbons (Fsp3) is 0.286. The van der Waals surface area contributed by atoms with Gasteiger partial charge in [-0.1, -0.05) is 17.7 Å². The lowest BCUT2D eigenvalue weighted by atomic mass is 10.1. The predicted octanol–water partition coefficient (Wildman–Crippen LogP) is 4.26. The number of rotatable bonds is 8. The normalized spacial score (nSPS) is 11.0. The third kappa shape index (κ3) is 7.00. The molecule has 0 atom stereocenters. The molecule has 0 amide bonds. The van der Waals surface area contributed by atoms with Crippen LogP contribution in [-0.4, -0.2) is 28.5 Å². The van der Waals surface area contributed by atoms with Crippen molar-refractivity contribution in [2.24, 2.45) is 5.10 Å². The van der Waals surface area contributed by atoms with E-state index < -0.39 is 5.97 Å². The summed E-state index contributed by atoms with van der Waals surface area (Å²) in [7, 11) is 0. The third-order valence-electron chi connectivity index (χ3n) is 4.03. The molecule has 2 aromatic rings. The Kier molecular flexibility index (Phi) is 7.95. The molecule has 2 aromatic carbocycles. The maximum atomic E-state index is 10.5. The van der Waals surface area contributed by atoms with Gasteiger partial charge in [0.15, 0.2) is 5.11 Å². The lowest BCUT2D eigenvalue weighted by molar-refractivity contribution is -0.137. The number of nitrogens with one attached hydrogen (secondary N) is 2. The van der Waals surface area contributed by atoms with Gasteiger partial charge in [0.2, 0.25) is 0 Å². The summed E-state index contributed by atoms with van der Waals surface area (Å²) < 4.78 is 5.53. The van der Waals surface area contributed by atoms with Crippen molar-refractivity contribution < 1.29 is 14.6 Å². The zero-order chi connectivity index (χ0) is 20.5. The molecule has 0 aromatic heterocycles. The van der Waals surface area contributed by atoms with Gasteiger partial charge in [-0.25, -0.2) is 0 Å². The van der Waals surface area contributed by atoms with E-state index in [9.17, 15) is 4.79 Å². The number of carboxylic acids is 1. The SMILES string of the molecule is C/C(=N\NC(=S)Nc1ccc(C)cc1C)c1ccc(OCCCC(=O)O)cc1. The highest BCUT2D eigenvalue weighted by atomic mass is 32.1. The van der Waals surface area contributed by atoms with Gasteiger partial charge < -0.3 is 15.2 Å². The molecule has 148 valence electrons. The molecule has 0 unspecified atom stereocenters. The molecule has 0 bridgehead atoms. The number of carboxylic acid groups (broad SMARTS) is 1. The molecule has 6 nitrogen and oxygen atoms in total. The van der Waals surface area contributed by atoms with E-state index in [1.54, 1.807) is 0 Å². The lowest BCUT2D eigenvalue weighted by Crippen LogP contribution is -2.25. The molecule has 0 fully saturated rings. The summed E-state index contributed by atoms with van der Waals surface area (Å²) in [5, 5.41) is 16.5. The molecule has 0 aliphatic carbocycles. The van der Waals surface area contributed by atoms with Crippen molar-refractivity contribution in [2.75, 3.05) is 11.9 Å². The number of benzene rings is 2. The summed E-state index contributed by atoms with van der Waals surface area (Å²) in [6.07, 6.45) is 0.581. The van der Waals surface area contributed by atoms with Crippen LogP contribution >= 0.6 is 12.2 Å². The average Bonchev–Trinajstić information content (AvgIpc) is 2.66. The summed E-state index contributed by atoms with van der Waals surface area (Å²) in [6.45, 7) is 6.33. The molecule has 0 heterocycles. The van der Waals surface area contributed by atoms with Crippen molar-refractivity contribution in [2.45, 2.75) is 33.6 Å². The number of hydrogen-bond donors (Lipinski definition) is 3. The Morgan fingerprint density at radius 1 is 1.18 bits per heavy atom. The Hall–Kier alpha value is -2.93. The van der Waals surface area contributed by atoms with E-state index in [0.717, 1.165) is 22.5 Å². The number of carbonyl (C=O) groups is 1. The minimum atomic E-state index is -0.816. The van der Waals surface area contributed by atoms with Crippen LogP contribution in [0.2, 0.25) is 0 Å². The number of aliphatic carboxylic acids is 1. The number of aryl methyl sites for hydroxylation is 2. The van der Waals surface area contributed by atoms with E-state index >= 15 is 0 Å². The molecule has 0 aliphatic heterocycles. The van der Waals surface area contributed by atoms with E-state index in [-0.39, 0.29) is 6.42 Å². The van der Waals surface area contributed by atoms with Gasteiger partial charge in [-0.05, 0) is 80.9 Å². The van der Waals surface area contributed by atoms with Gasteiger partial charge in [0.05, 0.1) is 12.3 Å². The third-order valence-corrected chi connectivity index (χ3v) is 4.22. The molecular formula is C21H25N3O3S. The number of ether oxygens (including phenoxy) is 1. The molecule has 0 radical (unpaired) electrons. The van der Waals surface area contributed by atoms with Gasteiger partial charge in [-0.3, -0.25) is 10.2 Å². The molecule has 0 aliphatic rings. The number of hydrogen-bond acceptors (Lipinski definition) is 4. The first-order valence-corrected chi connectivity index (χ1v) is 9.39. The highest BCUT2D eigenvalue weighted by Gasteiger charge is 2.03. The largest absolute Gasteiger partial charge is 0.494 e. The van der Waals surface area contributed by atoms with Crippen LogP contribution < -0.4 is 15.5 Å². The van der Waals surface area contributed by atoms with Crippen LogP contribution in [0.3, 0.4) is 0 Å². The van der Waals surface area contributed by atoms with E-state index in [2.05, 4.69) is 21.9 Å². The van der Waals surface area contributed by atoms with Crippen LogP contribution in [0.15, 0.2) is 47.6 Å². The maximum Gasteiger partial charge on any atom is 0.303 e. The standard InChI is InChI=1S/C21H25N3O3S/c1-14-6-11-19(15(2)13-14)22-21(28)24-23-16(3)17-7-9-18(10-8-17)27-12-4-5-20(25)26/h6-11,13H,4-5,12H2,1-3H3,(H,25,26)(H2,22,24,28)/b23-16+. The van der Waals surface area contributed by atoms with E-state index in [4.69, 9.17) is 22.1 Å². The number of thiocarbonyl (C=S) groups is 1. The maximum absolute atomic E-state index is 10.5. The molecule has 28 heavy (non-hydrogen) atoms. The topological polar surface area (TPSA) is 83.0 Å². The van der Waals surface area contributed by atoms with Gasteiger partial charge in [-0.2, -0.15) is 5.10 Å². The minimum Gasteiger partial charge on any atom is -0.494 e. The summed E-state index contributed by atoms with van der Waals surface area (Å²) in [6, 6.07) is 13.6. The second kappa shape index (κ2) is 10.4. The van der Waals surface area contributed by atoms with Crippen LogP contribution in [0.5, 0.6) is 5.75 Å². The van der Waals surface area contributed by atoms with Crippen molar-refractivity contribution in [1.29, 1.82) is 0 Å². The summed E-state index contributed by atoms with van der Waals surface area (Å²) in [4.78, 5) is 10.5. The van der Waals surface area contributed by atoms with Crippen LogP contribution in [0, 0.1) is 13.8 Å². The van der Waals surface area contributed by atoms with Crippen molar-refractivity contribution in [3.63, 3.8) is 0 Å². The highest BCUT2D eigenvalue weighted by molar-refractivity contribution is 7.80. The van der Waals surface area contributed by atoms with Gasteiger partial charge in [0.25, 0.3) is 0 Å². The van der Waals surface area contributed by atoms with Gasteiger partial charge in [-0.15, -0.1) is 0 Å². The van der Waals surface area contributed by atoms with Crippen molar-refractivity contribution in [3.05, 3.63) is 59.2 Å². The lowest BCUT2D eigenvalue weighted by Gasteiger charge is -2.11. The molecule has 3 N–H and O–H groups in total. The summed E-state index contributed by atoms with van der Waals surface area (Å²) in [5.74, 6) is -0.120. The Labute approximate surface area is 170 Å². The number of hydrazone groups is 1. The zero-order valence-corrected chi connectivity index (χ0v) is 17.1. The second-order valence-corrected chi connectivity index (χ2v) is 6.86. The quantitative estimate of drug-likeness (QED) is 0.266. The molecule has 0 spiro atoms. The second-order valence-electron chi connectivity index (χ2n) is 6.45. The molecule has 7 heteroatoms. The monoisotopic (exact) mass is 399 g/mol. The van der Waals surface area contributed by atoms with E-state index in [1.165, 1.54) is 5.56 Å². The van der Waals surface area contributed by atoms with Crippen molar-refractivity contribution >= 4 is 34.7 Å². The minimum absolute atomic E-state index is 0.103. The first-order valence-electron chi connectivity index (χ1n) is 8.98. The number of nitrogens with zero attached hydrogens (tertiary/aromatic N) is 1. The highest BCUT2D eigenvalue weighted by Crippen LogP contribution is 2.16. The fourth-order valence-electron chi connectivity index (χ4n) is 2.51. The first kappa shape index (κ1) is 21.4. The number of anilines is 1. The summed E-state index contributed by atoms with van der Waals surface area (Å²) in [5.41, 5.74) is 7.83.